The highest BCUT2D eigenvalue weighted by molar-refractivity contribution is 7.86. The van der Waals surface area contributed by atoms with Crippen LogP contribution in [0.1, 0.15) is 24.2 Å². The van der Waals surface area contributed by atoms with Crippen LogP contribution in [0.3, 0.4) is 0 Å². The number of carbonyl (C=O) groups is 1. The van der Waals surface area contributed by atoms with Gasteiger partial charge in [0.05, 0.1) is 11.8 Å². The van der Waals surface area contributed by atoms with Gasteiger partial charge in [0.15, 0.2) is 12.1 Å². The molecule has 2 heterocycles. The van der Waals surface area contributed by atoms with Crippen LogP contribution in [0, 0.1) is 0 Å². The van der Waals surface area contributed by atoms with Gasteiger partial charge in [-0.15, -0.1) is 0 Å². The van der Waals surface area contributed by atoms with E-state index in [0.717, 1.165) is 6.26 Å². The smallest absolute Gasteiger partial charge is 0.338 e. The number of hydrogen-bond acceptors (Lipinski definition) is 8. The molecule has 4 atom stereocenters. The lowest BCUT2D eigenvalue weighted by Crippen LogP contribution is -2.40. The SMILES string of the molecule is CC1(C)O[C@H]2O[C@@H](COC(=O)c3ccccc3)[C@@H](OS(C)(=O)=O)[C@@H]2O1. The van der Waals surface area contributed by atoms with Gasteiger partial charge in [-0.3, -0.25) is 4.18 Å². The molecule has 0 saturated carbocycles. The molecular formula is C16H20O8S. The second-order valence-corrected chi connectivity index (χ2v) is 7.97. The summed E-state index contributed by atoms with van der Waals surface area (Å²) in [5.74, 6) is -1.46. The van der Waals surface area contributed by atoms with E-state index in [1.807, 2.05) is 0 Å². The Morgan fingerprint density at radius 2 is 1.88 bits per heavy atom. The molecule has 138 valence electrons. The maximum Gasteiger partial charge on any atom is 0.338 e. The number of carbonyl (C=O) groups excluding carboxylic acids is 1. The van der Waals surface area contributed by atoms with Crippen LogP contribution in [0.15, 0.2) is 30.3 Å². The van der Waals surface area contributed by atoms with Crippen LogP contribution in [0.2, 0.25) is 0 Å². The highest BCUT2D eigenvalue weighted by atomic mass is 32.2. The Morgan fingerprint density at radius 3 is 2.52 bits per heavy atom. The van der Waals surface area contributed by atoms with Crippen molar-refractivity contribution in [3.8, 4) is 0 Å². The van der Waals surface area contributed by atoms with Gasteiger partial charge in [0.2, 0.25) is 0 Å². The van der Waals surface area contributed by atoms with E-state index < -0.39 is 46.5 Å². The molecule has 0 radical (unpaired) electrons. The van der Waals surface area contributed by atoms with E-state index >= 15 is 0 Å². The van der Waals surface area contributed by atoms with Gasteiger partial charge < -0.3 is 18.9 Å². The van der Waals surface area contributed by atoms with Crippen molar-refractivity contribution < 1.29 is 36.3 Å². The van der Waals surface area contributed by atoms with E-state index in [0.29, 0.717) is 5.56 Å². The molecule has 1 aromatic rings. The van der Waals surface area contributed by atoms with Crippen molar-refractivity contribution >= 4 is 16.1 Å². The van der Waals surface area contributed by atoms with Crippen molar-refractivity contribution in [3.05, 3.63) is 35.9 Å². The minimum atomic E-state index is -3.76. The van der Waals surface area contributed by atoms with Gasteiger partial charge in [0.25, 0.3) is 10.1 Å². The second-order valence-electron chi connectivity index (χ2n) is 6.37. The van der Waals surface area contributed by atoms with Crippen LogP contribution in [0.25, 0.3) is 0 Å². The number of ether oxygens (including phenoxy) is 4. The van der Waals surface area contributed by atoms with Crippen LogP contribution >= 0.6 is 0 Å². The molecule has 0 aliphatic carbocycles. The number of benzene rings is 1. The van der Waals surface area contributed by atoms with Crippen LogP contribution in [-0.4, -0.2) is 57.6 Å². The summed E-state index contributed by atoms with van der Waals surface area (Å²) in [6.07, 6.45) is -2.37. The molecule has 0 unspecified atom stereocenters. The molecular weight excluding hydrogens is 352 g/mol. The van der Waals surface area contributed by atoms with Crippen molar-refractivity contribution in [2.75, 3.05) is 12.9 Å². The first-order chi connectivity index (χ1) is 11.6. The first-order valence-electron chi connectivity index (χ1n) is 7.76. The Labute approximate surface area is 146 Å². The fourth-order valence-electron chi connectivity index (χ4n) is 2.81. The van der Waals surface area contributed by atoms with Gasteiger partial charge in [-0.2, -0.15) is 8.42 Å². The molecule has 0 amide bonds. The van der Waals surface area contributed by atoms with E-state index in [1.54, 1.807) is 44.2 Å². The van der Waals surface area contributed by atoms with E-state index in [9.17, 15) is 13.2 Å². The quantitative estimate of drug-likeness (QED) is 0.559. The molecule has 1 aromatic carbocycles. The second kappa shape index (κ2) is 6.65. The zero-order valence-electron chi connectivity index (χ0n) is 14.1. The zero-order valence-corrected chi connectivity index (χ0v) is 14.9. The van der Waals surface area contributed by atoms with Crippen molar-refractivity contribution in [1.82, 2.24) is 0 Å². The largest absolute Gasteiger partial charge is 0.459 e. The molecule has 0 bridgehead atoms. The van der Waals surface area contributed by atoms with Crippen molar-refractivity contribution in [3.63, 3.8) is 0 Å². The molecule has 2 saturated heterocycles. The standard InChI is InChI=1S/C16H20O8S/c1-16(2)22-13-12(24-25(3,18)19)11(21-15(13)23-16)9-20-14(17)10-7-5-4-6-8-10/h4-8,11-13,15H,9H2,1-3H3/t11-,12+,13-,15+/m0/s1. The molecule has 3 rings (SSSR count). The molecule has 25 heavy (non-hydrogen) atoms. The lowest BCUT2D eigenvalue weighted by atomic mass is 10.1. The molecule has 2 aliphatic heterocycles. The summed E-state index contributed by atoms with van der Waals surface area (Å²) >= 11 is 0. The summed E-state index contributed by atoms with van der Waals surface area (Å²) in [7, 11) is -3.76. The first kappa shape index (κ1) is 18.3. The molecule has 2 fully saturated rings. The molecule has 8 nitrogen and oxygen atoms in total. The minimum absolute atomic E-state index is 0.186. The highest BCUT2D eigenvalue weighted by Crippen LogP contribution is 2.39. The lowest BCUT2D eigenvalue weighted by molar-refractivity contribution is -0.216. The van der Waals surface area contributed by atoms with E-state index in [-0.39, 0.29) is 6.61 Å². The maximum atomic E-state index is 12.0. The summed E-state index contributed by atoms with van der Waals surface area (Å²) in [5.41, 5.74) is 0.384. The predicted molar refractivity (Wildman–Crippen MR) is 85.1 cm³/mol. The summed E-state index contributed by atoms with van der Waals surface area (Å²) in [6, 6.07) is 8.45. The predicted octanol–water partition coefficient (Wildman–Crippen LogP) is 1.06. The third-order valence-corrected chi connectivity index (χ3v) is 4.33. The monoisotopic (exact) mass is 372 g/mol. The third-order valence-electron chi connectivity index (χ3n) is 3.76. The van der Waals surface area contributed by atoms with Gasteiger partial charge in [0, 0.05) is 0 Å². The summed E-state index contributed by atoms with van der Waals surface area (Å²) in [5, 5.41) is 0. The van der Waals surface area contributed by atoms with Crippen LogP contribution in [0.5, 0.6) is 0 Å². The summed E-state index contributed by atoms with van der Waals surface area (Å²) < 4.78 is 50.4. The number of fused-ring (bicyclic) bond motifs is 1. The fourth-order valence-corrected chi connectivity index (χ4v) is 3.45. The summed E-state index contributed by atoms with van der Waals surface area (Å²) in [4.78, 5) is 12.0. The van der Waals surface area contributed by atoms with Gasteiger partial charge >= 0.3 is 5.97 Å². The van der Waals surface area contributed by atoms with E-state index in [1.165, 1.54) is 0 Å². The van der Waals surface area contributed by atoms with Crippen LogP contribution in [0.4, 0.5) is 0 Å². The Kier molecular flexibility index (Phi) is 4.86. The van der Waals surface area contributed by atoms with Gasteiger partial charge in [-0.25, -0.2) is 4.79 Å². The molecule has 9 heteroatoms. The number of esters is 1. The third kappa shape index (κ3) is 4.36. The Balaban J connectivity index is 1.68. The van der Waals surface area contributed by atoms with Gasteiger partial charge in [-0.05, 0) is 26.0 Å². The number of rotatable bonds is 5. The van der Waals surface area contributed by atoms with Gasteiger partial charge in [-0.1, -0.05) is 18.2 Å². The van der Waals surface area contributed by atoms with E-state index in [4.69, 9.17) is 23.1 Å². The average molecular weight is 372 g/mol. The lowest BCUT2D eigenvalue weighted by Gasteiger charge is -2.24. The van der Waals surface area contributed by atoms with E-state index in [2.05, 4.69) is 0 Å². The number of hydrogen-bond donors (Lipinski definition) is 0. The zero-order chi connectivity index (χ0) is 18.2. The Hall–Kier alpha value is -1.52. The Bertz CT molecular complexity index is 730. The minimum Gasteiger partial charge on any atom is -0.459 e. The first-order valence-corrected chi connectivity index (χ1v) is 9.58. The molecule has 0 aromatic heterocycles. The normalized spacial score (nSPS) is 30.8. The van der Waals surface area contributed by atoms with Crippen molar-refractivity contribution in [2.24, 2.45) is 0 Å². The van der Waals surface area contributed by atoms with Crippen LogP contribution in [-0.2, 0) is 33.2 Å². The summed E-state index contributed by atoms with van der Waals surface area (Å²) in [6.45, 7) is 3.20. The average Bonchev–Trinajstić information content (AvgIpc) is 2.97. The Morgan fingerprint density at radius 1 is 1.20 bits per heavy atom. The van der Waals surface area contributed by atoms with Crippen molar-refractivity contribution in [2.45, 2.75) is 44.2 Å². The maximum absolute atomic E-state index is 12.0. The fraction of sp³-hybridized carbons (Fsp3) is 0.562. The molecule has 2 aliphatic rings. The van der Waals surface area contributed by atoms with Gasteiger partial charge in [0.1, 0.15) is 24.9 Å². The highest BCUT2D eigenvalue weighted by Gasteiger charge is 2.56. The van der Waals surface area contributed by atoms with Crippen LogP contribution < -0.4 is 0 Å². The molecule has 0 spiro atoms. The topological polar surface area (TPSA) is 97.4 Å². The van der Waals surface area contributed by atoms with Crippen molar-refractivity contribution in [1.29, 1.82) is 0 Å². The molecule has 0 N–H and O–H groups in total.